The summed E-state index contributed by atoms with van der Waals surface area (Å²) in [6.45, 7) is 2.84. The lowest BCUT2D eigenvalue weighted by Gasteiger charge is -2.09. The highest BCUT2D eigenvalue weighted by atomic mass is 79.9. The lowest BCUT2D eigenvalue weighted by atomic mass is 10.2. The summed E-state index contributed by atoms with van der Waals surface area (Å²) in [5.74, 6) is -1.50. The van der Waals surface area contributed by atoms with Gasteiger partial charge in [0.15, 0.2) is 0 Å². The van der Waals surface area contributed by atoms with Crippen molar-refractivity contribution < 1.29 is 22.3 Å². The van der Waals surface area contributed by atoms with Crippen molar-refractivity contribution in [2.75, 3.05) is 19.8 Å². The molecule has 0 bridgehead atoms. The monoisotopic (exact) mass is 387 g/mol. The molecule has 0 unspecified atom stereocenters. The maximum absolute atomic E-state index is 13.4. The van der Waals surface area contributed by atoms with E-state index in [2.05, 4.69) is 21.2 Å². The molecule has 9 heteroatoms. The van der Waals surface area contributed by atoms with Crippen LogP contribution in [0.4, 0.5) is 4.39 Å². The van der Waals surface area contributed by atoms with Crippen molar-refractivity contribution in [2.24, 2.45) is 0 Å². The molecule has 0 aliphatic rings. The fraction of sp³-hybridized carbons (Fsp3) is 0.364. The molecule has 20 heavy (non-hydrogen) atoms. The van der Waals surface area contributed by atoms with Crippen molar-refractivity contribution in [3.05, 3.63) is 28.0 Å². The zero-order valence-electron chi connectivity index (χ0n) is 10.5. The van der Waals surface area contributed by atoms with Crippen LogP contribution >= 0.6 is 26.6 Å². The minimum absolute atomic E-state index is 0.0807. The summed E-state index contributed by atoms with van der Waals surface area (Å²) in [7, 11) is 1.02. The van der Waals surface area contributed by atoms with Crippen LogP contribution in [0.25, 0.3) is 0 Å². The first kappa shape index (κ1) is 17.4. The average Bonchev–Trinajstić information content (AvgIpc) is 2.35. The quantitative estimate of drug-likeness (QED) is 0.599. The van der Waals surface area contributed by atoms with Crippen LogP contribution in [-0.4, -0.2) is 34.1 Å². The van der Waals surface area contributed by atoms with Crippen molar-refractivity contribution in [3.8, 4) is 0 Å². The molecule has 0 saturated heterocycles. The summed E-state index contributed by atoms with van der Waals surface area (Å²) < 4.78 is 40.9. The Balaban J connectivity index is 3.01. The minimum Gasteiger partial charge on any atom is -0.380 e. The number of ether oxygens (including phenoxy) is 1. The van der Waals surface area contributed by atoms with Crippen LogP contribution in [0.15, 0.2) is 21.5 Å². The molecule has 1 amide bonds. The lowest BCUT2D eigenvalue weighted by molar-refractivity contribution is 0.0921. The van der Waals surface area contributed by atoms with Gasteiger partial charge in [0.25, 0.3) is 15.0 Å². The van der Waals surface area contributed by atoms with E-state index in [9.17, 15) is 17.6 Å². The summed E-state index contributed by atoms with van der Waals surface area (Å²) in [6, 6.07) is 1.66. The number of hydrogen-bond donors (Lipinski definition) is 1. The molecule has 5 nitrogen and oxygen atoms in total. The number of hydrogen-bond acceptors (Lipinski definition) is 4. The maximum Gasteiger partial charge on any atom is 0.262 e. The second-order valence-corrected chi connectivity index (χ2v) is 6.98. The molecule has 0 heterocycles. The minimum atomic E-state index is -4.16. The van der Waals surface area contributed by atoms with Gasteiger partial charge in [0.2, 0.25) is 0 Å². The van der Waals surface area contributed by atoms with E-state index >= 15 is 0 Å². The van der Waals surface area contributed by atoms with Crippen molar-refractivity contribution >= 4 is 41.6 Å². The average molecular weight is 389 g/mol. The molecule has 0 fully saturated rings. The SMILES string of the molecule is CCOCCNC(=O)c1cc(F)cc(S(=O)(=O)Cl)c1Br. The fourth-order valence-corrected chi connectivity index (χ4v) is 3.65. The Morgan fingerprint density at radius 1 is 1.50 bits per heavy atom. The third kappa shape index (κ3) is 4.69. The predicted molar refractivity (Wildman–Crippen MR) is 76.0 cm³/mol. The van der Waals surface area contributed by atoms with E-state index in [-0.39, 0.29) is 16.6 Å². The summed E-state index contributed by atoms with van der Waals surface area (Å²) in [5, 5.41) is 2.48. The number of amides is 1. The Morgan fingerprint density at radius 3 is 2.70 bits per heavy atom. The maximum atomic E-state index is 13.4. The molecular weight excluding hydrogens is 377 g/mol. The van der Waals surface area contributed by atoms with Crippen LogP contribution in [-0.2, 0) is 13.8 Å². The topological polar surface area (TPSA) is 72.5 Å². The number of carbonyl (C=O) groups excluding carboxylic acids is 1. The summed E-state index contributed by atoms with van der Waals surface area (Å²) in [5.41, 5.74) is -0.152. The molecule has 0 spiro atoms. The Morgan fingerprint density at radius 2 is 2.15 bits per heavy atom. The summed E-state index contributed by atoms with van der Waals surface area (Å²) in [6.07, 6.45) is 0. The van der Waals surface area contributed by atoms with Crippen LogP contribution in [0.3, 0.4) is 0 Å². The van der Waals surface area contributed by atoms with Crippen molar-refractivity contribution in [1.82, 2.24) is 5.32 Å². The largest absolute Gasteiger partial charge is 0.380 e. The lowest BCUT2D eigenvalue weighted by Crippen LogP contribution is -2.28. The van der Waals surface area contributed by atoms with Crippen LogP contribution < -0.4 is 5.32 Å². The van der Waals surface area contributed by atoms with Gasteiger partial charge in [-0.05, 0) is 35.0 Å². The Hall–Kier alpha value is -0.700. The molecule has 1 rings (SSSR count). The van der Waals surface area contributed by atoms with E-state index in [1.54, 1.807) is 0 Å². The van der Waals surface area contributed by atoms with E-state index in [1.807, 2.05) is 6.92 Å². The number of halogens is 3. The van der Waals surface area contributed by atoms with Gasteiger partial charge in [-0.2, -0.15) is 0 Å². The van der Waals surface area contributed by atoms with Crippen molar-refractivity contribution in [1.29, 1.82) is 0 Å². The zero-order chi connectivity index (χ0) is 15.3. The summed E-state index contributed by atoms with van der Waals surface area (Å²) in [4.78, 5) is 11.4. The Bertz CT molecular complexity index is 609. The van der Waals surface area contributed by atoms with Crippen molar-refractivity contribution in [3.63, 3.8) is 0 Å². The molecular formula is C11H12BrClFNO4S. The molecule has 0 aromatic heterocycles. The van der Waals surface area contributed by atoms with Gasteiger partial charge in [0.1, 0.15) is 10.7 Å². The van der Waals surface area contributed by atoms with Crippen molar-refractivity contribution in [2.45, 2.75) is 11.8 Å². The van der Waals surface area contributed by atoms with E-state index in [0.717, 1.165) is 12.1 Å². The second-order valence-electron chi connectivity index (χ2n) is 3.66. The van der Waals surface area contributed by atoms with Gasteiger partial charge in [-0.25, -0.2) is 12.8 Å². The van der Waals surface area contributed by atoms with Gasteiger partial charge in [-0.3, -0.25) is 4.79 Å². The van der Waals surface area contributed by atoms with Crippen LogP contribution in [0.1, 0.15) is 17.3 Å². The molecule has 0 radical (unpaired) electrons. The smallest absolute Gasteiger partial charge is 0.262 e. The molecule has 112 valence electrons. The van der Waals surface area contributed by atoms with E-state index < -0.39 is 25.7 Å². The molecule has 0 aliphatic heterocycles. The van der Waals surface area contributed by atoms with Gasteiger partial charge in [0.05, 0.1) is 16.6 Å². The molecule has 1 aromatic carbocycles. The van der Waals surface area contributed by atoms with Crippen LogP contribution in [0, 0.1) is 5.82 Å². The van der Waals surface area contributed by atoms with Gasteiger partial charge in [0, 0.05) is 23.8 Å². The second kappa shape index (κ2) is 7.35. The standard InChI is InChI=1S/C11H12BrClFNO4S/c1-2-19-4-3-15-11(16)8-5-7(14)6-9(10(8)12)20(13,17)18/h5-6H,2-4H2,1H3,(H,15,16). The van der Waals surface area contributed by atoms with Gasteiger partial charge in [-0.1, -0.05) is 0 Å². The van der Waals surface area contributed by atoms with Gasteiger partial charge < -0.3 is 10.1 Å². The Labute approximate surface area is 129 Å². The molecule has 0 atom stereocenters. The summed E-state index contributed by atoms with van der Waals surface area (Å²) >= 11 is 2.95. The highest BCUT2D eigenvalue weighted by Crippen LogP contribution is 2.29. The first-order valence-corrected chi connectivity index (χ1v) is 8.67. The molecule has 0 saturated carbocycles. The van der Waals surface area contributed by atoms with E-state index in [1.165, 1.54) is 0 Å². The number of carbonyl (C=O) groups is 1. The number of benzene rings is 1. The first-order valence-electron chi connectivity index (χ1n) is 5.57. The predicted octanol–water partition coefficient (Wildman–Crippen LogP) is 2.28. The highest BCUT2D eigenvalue weighted by molar-refractivity contribution is 9.10. The molecule has 1 aromatic rings. The first-order chi connectivity index (χ1) is 9.27. The third-order valence-electron chi connectivity index (χ3n) is 2.25. The normalized spacial score (nSPS) is 11.4. The molecule has 0 aliphatic carbocycles. The number of nitrogens with one attached hydrogen (secondary N) is 1. The van der Waals surface area contributed by atoms with Crippen LogP contribution in [0.5, 0.6) is 0 Å². The highest BCUT2D eigenvalue weighted by Gasteiger charge is 2.22. The number of rotatable bonds is 6. The van der Waals surface area contributed by atoms with E-state index in [0.29, 0.717) is 13.2 Å². The van der Waals surface area contributed by atoms with Crippen LogP contribution in [0.2, 0.25) is 0 Å². The van der Waals surface area contributed by atoms with Gasteiger partial charge in [-0.15, -0.1) is 0 Å². The Kier molecular flexibility index (Phi) is 6.38. The fourth-order valence-electron chi connectivity index (χ4n) is 1.38. The molecule has 1 N–H and O–H groups in total. The zero-order valence-corrected chi connectivity index (χ0v) is 13.6. The van der Waals surface area contributed by atoms with Gasteiger partial charge >= 0.3 is 0 Å². The third-order valence-corrected chi connectivity index (χ3v) is 4.71. The van der Waals surface area contributed by atoms with E-state index in [4.69, 9.17) is 15.4 Å².